The van der Waals surface area contributed by atoms with Gasteiger partial charge in [0.05, 0.1) is 25.2 Å². The Morgan fingerprint density at radius 3 is 2.71 bits per heavy atom. The first-order chi connectivity index (χ1) is 15.0. The summed E-state index contributed by atoms with van der Waals surface area (Å²) in [7, 11) is 1.66. The van der Waals surface area contributed by atoms with E-state index >= 15 is 0 Å². The zero-order chi connectivity index (χ0) is 22.1. The van der Waals surface area contributed by atoms with Gasteiger partial charge in [-0.1, -0.05) is 25.1 Å². The van der Waals surface area contributed by atoms with Crippen LogP contribution in [-0.2, 0) is 23.1 Å². The molecule has 0 aromatic heterocycles. The monoisotopic (exact) mass is 417 g/mol. The number of nitriles is 1. The van der Waals surface area contributed by atoms with Crippen molar-refractivity contribution >= 4 is 5.78 Å². The van der Waals surface area contributed by atoms with Crippen molar-refractivity contribution in [3.05, 3.63) is 59.2 Å². The molecule has 2 aromatic carbocycles. The summed E-state index contributed by atoms with van der Waals surface area (Å²) < 4.78 is 11.1. The molecule has 3 atom stereocenters. The zero-order valence-corrected chi connectivity index (χ0v) is 18.7. The highest BCUT2D eigenvalue weighted by atomic mass is 16.5. The van der Waals surface area contributed by atoms with Crippen LogP contribution in [-0.4, -0.2) is 19.5 Å². The van der Waals surface area contributed by atoms with Gasteiger partial charge in [0.25, 0.3) is 0 Å². The van der Waals surface area contributed by atoms with Crippen molar-refractivity contribution in [3.8, 4) is 17.6 Å². The molecule has 0 N–H and O–H groups in total. The molecule has 2 aromatic rings. The van der Waals surface area contributed by atoms with E-state index in [0.29, 0.717) is 19.4 Å². The van der Waals surface area contributed by atoms with Gasteiger partial charge in [-0.15, -0.1) is 0 Å². The van der Waals surface area contributed by atoms with Gasteiger partial charge in [0, 0.05) is 17.8 Å². The Kier molecular flexibility index (Phi) is 5.79. The van der Waals surface area contributed by atoms with Gasteiger partial charge in [-0.3, -0.25) is 4.79 Å². The second-order valence-electron chi connectivity index (χ2n) is 9.08. The van der Waals surface area contributed by atoms with Gasteiger partial charge in [0.2, 0.25) is 0 Å². The van der Waals surface area contributed by atoms with Gasteiger partial charge < -0.3 is 9.47 Å². The second kappa shape index (κ2) is 8.38. The molecule has 1 saturated carbocycles. The molecule has 0 aliphatic heterocycles. The summed E-state index contributed by atoms with van der Waals surface area (Å²) in [5, 5.41) is 10.5. The molecule has 0 amide bonds. The van der Waals surface area contributed by atoms with Crippen LogP contribution in [0.15, 0.2) is 42.5 Å². The molecule has 0 spiro atoms. The van der Waals surface area contributed by atoms with Gasteiger partial charge >= 0.3 is 0 Å². The quantitative estimate of drug-likeness (QED) is 0.630. The van der Waals surface area contributed by atoms with Gasteiger partial charge in [-0.05, 0) is 80.0 Å². The Hall–Kier alpha value is -2.80. The lowest BCUT2D eigenvalue weighted by molar-refractivity contribution is -0.133. The standard InChI is InChI=1S/C27H31NO3/c1-4-31-22-9-11-23-20(17-22)12-15-27(18-28)24(25(29)13-14-26(23,27)2)10-8-19-6-5-7-21(16-19)30-3/h5-7,9,11,16-17,24H,4,8,10,12-15H2,1-3H3/t24-,26-,27-/m0/s1. The van der Waals surface area contributed by atoms with Crippen LogP contribution < -0.4 is 9.47 Å². The minimum absolute atomic E-state index is 0.247. The number of carbonyl (C=O) groups excluding carboxylic acids is 1. The molecule has 162 valence electrons. The van der Waals surface area contributed by atoms with Crippen molar-refractivity contribution in [2.45, 2.75) is 57.8 Å². The first kappa shape index (κ1) is 21.4. The first-order valence-corrected chi connectivity index (χ1v) is 11.3. The number of ketones is 1. The van der Waals surface area contributed by atoms with Gasteiger partial charge in [0.1, 0.15) is 17.3 Å². The SMILES string of the molecule is CCOc1ccc2c(c1)CC[C@]1(C#N)[C@@H](CCc3cccc(OC)c3)C(=O)CC[C@@]21C. The van der Waals surface area contributed by atoms with E-state index < -0.39 is 5.41 Å². The van der Waals surface area contributed by atoms with E-state index in [1.54, 1.807) is 7.11 Å². The van der Waals surface area contributed by atoms with Crippen molar-refractivity contribution in [1.82, 2.24) is 0 Å². The number of ether oxygens (including phenoxy) is 2. The third kappa shape index (κ3) is 3.51. The molecule has 4 heteroatoms. The highest BCUT2D eigenvalue weighted by molar-refractivity contribution is 5.84. The lowest BCUT2D eigenvalue weighted by atomic mass is 9.45. The maximum absolute atomic E-state index is 13.2. The summed E-state index contributed by atoms with van der Waals surface area (Å²) in [5.41, 5.74) is 2.64. The Labute approximate surface area is 185 Å². The summed E-state index contributed by atoms with van der Waals surface area (Å²) in [6.45, 7) is 4.83. The molecule has 0 bridgehead atoms. The molecule has 4 nitrogen and oxygen atoms in total. The van der Waals surface area contributed by atoms with Crippen molar-refractivity contribution in [2.75, 3.05) is 13.7 Å². The smallest absolute Gasteiger partial charge is 0.137 e. The summed E-state index contributed by atoms with van der Waals surface area (Å²) in [4.78, 5) is 13.2. The number of benzene rings is 2. The third-order valence-electron chi connectivity index (χ3n) is 7.67. The van der Waals surface area contributed by atoms with Crippen LogP contribution in [0.4, 0.5) is 0 Å². The van der Waals surface area contributed by atoms with Gasteiger partial charge in [0.15, 0.2) is 0 Å². The predicted molar refractivity (Wildman–Crippen MR) is 120 cm³/mol. The van der Waals surface area contributed by atoms with E-state index in [-0.39, 0.29) is 17.1 Å². The van der Waals surface area contributed by atoms with E-state index in [0.717, 1.165) is 42.7 Å². The number of fused-ring (bicyclic) bond motifs is 3. The second-order valence-corrected chi connectivity index (χ2v) is 9.08. The molecule has 2 aliphatic carbocycles. The number of nitrogens with zero attached hydrogens (tertiary/aromatic N) is 1. The minimum Gasteiger partial charge on any atom is -0.497 e. The Balaban J connectivity index is 1.68. The van der Waals surface area contributed by atoms with Crippen LogP contribution in [0.5, 0.6) is 11.5 Å². The normalized spacial score (nSPS) is 27.0. The van der Waals surface area contributed by atoms with E-state index in [1.165, 1.54) is 11.1 Å². The van der Waals surface area contributed by atoms with Crippen LogP contribution in [0, 0.1) is 22.7 Å². The number of hydrogen-bond acceptors (Lipinski definition) is 4. The highest BCUT2D eigenvalue weighted by Crippen LogP contribution is 2.60. The van der Waals surface area contributed by atoms with E-state index in [4.69, 9.17) is 9.47 Å². The fraction of sp³-hybridized carbons (Fsp3) is 0.481. The average molecular weight is 418 g/mol. The fourth-order valence-corrected chi connectivity index (χ4v) is 5.96. The molecule has 1 fully saturated rings. The lowest BCUT2D eigenvalue weighted by Gasteiger charge is -2.55. The van der Waals surface area contributed by atoms with Crippen LogP contribution in [0.2, 0.25) is 0 Å². The maximum atomic E-state index is 13.2. The molecule has 4 rings (SSSR count). The molecular formula is C27H31NO3. The average Bonchev–Trinajstić information content (AvgIpc) is 2.79. The van der Waals surface area contributed by atoms with Gasteiger partial charge in [-0.2, -0.15) is 5.26 Å². The molecule has 0 saturated heterocycles. The number of aryl methyl sites for hydroxylation is 2. The zero-order valence-electron chi connectivity index (χ0n) is 18.7. The van der Waals surface area contributed by atoms with Crippen molar-refractivity contribution < 1.29 is 14.3 Å². The molecular weight excluding hydrogens is 386 g/mol. The topological polar surface area (TPSA) is 59.3 Å². The minimum atomic E-state index is -0.665. The summed E-state index contributed by atoms with van der Waals surface area (Å²) in [6, 6.07) is 17.0. The predicted octanol–water partition coefficient (Wildman–Crippen LogP) is 5.42. The maximum Gasteiger partial charge on any atom is 0.137 e. The Morgan fingerprint density at radius 2 is 1.97 bits per heavy atom. The lowest BCUT2D eigenvalue weighted by Crippen LogP contribution is -2.56. The highest BCUT2D eigenvalue weighted by Gasteiger charge is 2.60. The van der Waals surface area contributed by atoms with Crippen molar-refractivity contribution in [1.29, 1.82) is 5.26 Å². The fourth-order valence-electron chi connectivity index (χ4n) is 5.96. The molecule has 2 aliphatic rings. The summed E-state index contributed by atoms with van der Waals surface area (Å²) >= 11 is 0. The van der Waals surface area contributed by atoms with E-state index in [9.17, 15) is 10.1 Å². The number of Topliss-reactive ketones (excluding diaryl/α,β-unsaturated/α-hetero) is 1. The van der Waals surface area contributed by atoms with Crippen molar-refractivity contribution in [3.63, 3.8) is 0 Å². The number of hydrogen-bond donors (Lipinski definition) is 0. The number of carbonyl (C=O) groups is 1. The Morgan fingerprint density at radius 1 is 1.13 bits per heavy atom. The molecule has 0 unspecified atom stereocenters. The largest absolute Gasteiger partial charge is 0.497 e. The first-order valence-electron chi connectivity index (χ1n) is 11.3. The van der Waals surface area contributed by atoms with Crippen LogP contribution >= 0.6 is 0 Å². The molecule has 31 heavy (non-hydrogen) atoms. The molecule has 0 heterocycles. The Bertz CT molecular complexity index is 1020. The number of rotatable bonds is 6. The summed E-state index contributed by atoms with van der Waals surface area (Å²) in [6.07, 6.45) is 4.26. The van der Waals surface area contributed by atoms with Crippen LogP contribution in [0.25, 0.3) is 0 Å². The third-order valence-corrected chi connectivity index (χ3v) is 7.67. The summed E-state index contributed by atoms with van der Waals surface area (Å²) in [5.74, 6) is 1.71. The molecule has 0 radical (unpaired) electrons. The van der Waals surface area contributed by atoms with E-state index in [2.05, 4.69) is 31.2 Å². The van der Waals surface area contributed by atoms with E-state index in [1.807, 2.05) is 31.2 Å². The van der Waals surface area contributed by atoms with Crippen molar-refractivity contribution in [2.24, 2.45) is 11.3 Å². The number of methoxy groups -OCH3 is 1. The van der Waals surface area contributed by atoms with Gasteiger partial charge in [-0.25, -0.2) is 0 Å². The van der Waals surface area contributed by atoms with Crippen LogP contribution in [0.3, 0.4) is 0 Å². The van der Waals surface area contributed by atoms with Crippen LogP contribution in [0.1, 0.15) is 56.2 Å².